The number of piperidine rings is 1. The van der Waals surface area contributed by atoms with Crippen molar-refractivity contribution in [3.63, 3.8) is 0 Å². The van der Waals surface area contributed by atoms with Crippen molar-refractivity contribution in [3.8, 4) is 89.4 Å². The maximum atomic E-state index is 13.8. The van der Waals surface area contributed by atoms with Gasteiger partial charge in [-0.3, -0.25) is 38.7 Å². The fourth-order valence-corrected chi connectivity index (χ4v) is 20.9. The number of nitriles is 5. The van der Waals surface area contributed by atoms with Gasteiger partial charge >= 0.3 is 6.03 Å². The number of likely N-dealkylation sites (tertiary alicyclic amines) is 7. The highest BCUT2D eigenvalue weighted by molar-refractivity contribution is 7.89. The molecule has 2 aromatic heterocycles. The first-order valence-electron chi connectivity index (χ1n) is 48.2. The molecular formula is C110H129F2N25O10S2. The Kier molecular flexibility index (Phi) is 42.1. The Balaban J connectivity index is 0.000000184. The van der Waals surface area contributed by atoms with Crippen molar-refractivity contribution in [2.24, 2.45) is 14.1 Å². The lowest BCUT2D eigenvalue weighted by atomic mass is 9.94. The van der Waals surface area contributed by atoms with E-state index in [4.69, 9.17) is 39.2 Å². The number of amides is 7. The van der Waals surface area contributed by atoms with Gasteiger partial charge in [-0.2, -0.15) is 36.5 Å². The van der Waals surface area contributed by atoms with Gasteiger partial charge < -0.3 is 66.2 Å². The molecule has 1 aliphatic carbocycles. The van der Waals surface area contributed by atoms with E-state index in [1.165, 1.54) is 30.3 Å². The number of hydrogen-bond acceptors (Lipinski definition) is 24. The predicted molar refractivity (Wildman–Crippen MR) is 565 cm³/mol. The Morgan fingerprint density at radius 1 is 0.383 bits per heavy atom. The third-order valence-corrected chi connectivity index (χ3v) is 29.3. The van der Waals surface area contributed by atoms with Crippen molar-refractivity contribution >= 4 is 61.4 Å². The SMILES string of the molecule is C.C.C.C#CN1CC(c2ccc(F)c(F)c2)[C@H](NC(=O)Nc2c(C)c(-c3cnn(C)c3)nn2C)C1.C#CN1CC[C@@H](NS(=O)(=O)c2cccc(C(=O)NC3CCN(C#N)C3)c2)C1.Cc1ccc(C(=O)NC2CCN(C#N)C2)cc1.N#CN1CCC(NC(=O)c2ccc(-c3ccccc3)cc2)C1.N#CN1CCC(NC(=O)c2cccc(S(=O)(=O)NC3CCCC3)c2)C1.N#CN1CCCC(NC(=O)c2ccc(-c3ccccc3)cc2)C1. The Hall–Kier alpha value is -16.4. The molecule has 0 bridgehead atoms. The summed E-state index contributed by atoms with van der Waals surface area (Å²) in [4.78, 5) is 85.9. The van der Waals surface area contributed by atoms with Crippen molar-refractivity contribution in [2.75, 3.05) is 96.9 Å². The number of nitrogens with zero attached hydrogens (tertiary/aromatic N) is 16. The standard InChI is InChI=1S/C22H23F2N7O.C19H19N3O.C18H21N5O3S.C18H17N3O.C17H22N4O3S.C13H15N3O.3CH4/c1-5-31-11-16(14-6-7-17(23)18(24)8-14)19(12-31)26-22(32)27-21-13(2)20(28-30(21)4)15-9-25-29(3)10-15;20-14-22-12-4-7-18(13-22)21-19(23)17-10-8-16(9-11-17)15-5-2-1-3-6-15;1-2-22-8-7-16(12-22)21-27(25,26)17-5-3-4-14(10-17)18(24)20-15-6-9-23(11-15)13-19;19-13-21-11-10-17(12-21)20-18(22)16-8-6-15(7-9-16)14-4-2-1-3-5-14;18-12-21-9-8-15(11-21)19-17(22)13-4-3-7-16(10-13)25(23,24)20-14-5-1-2-6-14;1-10-2-4-11(5-3-10)13(17)15-12-6-7-16(8-12)9-14;;;/h1,6-10,16,19H,11-12H2,2-4H3,(H2,26,27,32);1-3,5-6,8-11,18H,4,7,12-13H2,(H,21,23);1,3-5,10,15-16,21H,6-9,11-12H2,(H,20,24);1-9,17H,10-12H2,(H,20,22);3-4,7,10,14-15,20H,1-2,5-6,8-9,11H2,(H,19,22);2-5,12H,6-8H2,1H3,(H,15,17);3*1H4/t16?,19-;;15?,16-;;;;;;/m1.1....../s1. The number of anilines is 1. The topological polar surface area (TPSA) is 456 Å². The highest BCUT2D eigenvalue weighted by Crippen LogP contribution is 2.33. The third-order valence-electron chi connectivity index (χ3n) is 26.2. The predicted octanol–water partition coefficient (Wildman–Crippen LogP) is 12.6. The summed E-state index contributed by atoms with van der Waals surface area (Å²) in [5.74, 6) is -2.48. The molecule has 6 unspecified atom stereocenters. The zero-order chi connectivity index (χ0) is 104. The van der Waals surface area contributed by atoms with Crippen LogP contribution >= 0.6 is 0 Å². The smallest absolute Gasteiger partial charge is 0.320 e. The van der Waals surface area contributed by atoms with Crippen molar-refractivity contribution in [1.29, 1.82) is 26.3 Å². The van der Waals surface area contributed by atoms with Gasteiger partial charge in [-0.15, -0.1) is 0 Å². The maximum Gasteiger partial charge on any atom is 0.320 e. The molecule has 9 N–H and O–H groups in total. The number of urea groups is 1. The van der Waals surface area contributed by atoms with Crippen molar-refractivity contribution in [3.05, 3.63) is 269 Å². The van der Waals surface area contributed by atoms with E-state index in [9.17, 15) is 54.4 Å². The largest absolute Gasteiger partial charge is 0.347 e. The molecule has 8 atom stereocenters. The van der Waals surface area contributed by atoms with E-state index in [1.807, 2.05) is 161 Å². The molecule has 8 aromatic carbocycles. The van der Waals surface area contributed by atoms with Crippen LogP contribution in [0.3, 0.4) is 0 Å². The molecule has 7 amide bonds. The molecule has 7 saturated heterocycles. The molecule has 0 spiro atoms. The minimum absolute atomic E-state index is 0. The van der Waals surface area contributed by atoms with Crippen LogP contribution in [-0.4, -0.2) is 246 Å². The number of rotatable bonds is 22. The maximum absolute atomic E-state index is 13.8. The van der Waals surface area contributed by atoms with Crippen molar-refractivity contribution in [1.82, 2.24) is 95.2 Å². The van der Waals surface area contributed by atoms with Gasteiger partial charge in [-0.05, 0) is 184 Å². The Bertz CT molecular complexity index is 6810. The van der Waals surface area contributed by atoms with E-state index in [-0.39, 0.29) is 121 Å². The lowest BCUT2D eigenvalue weighted by Crippen LogP contribution is -2.46. The molecule has 35 nitrogen and oxygen atoms in total. The Morgan fingerprint density at radius 3 is 1.17 bits per heavy atom. The average Bonchev–Trinajstić information content (AvgIpc) is 1.65. The summed E-state index contributed by atoms with van der Waals surface area (Å²) in [6.07, 6.45) is 34.3. The normalized spacial score (nSPS) is 18.8. The van der Waals surface area contributed by atoms with Crippen LogP contribution in [0.4, 0.5) is 19.4 Å². The third kappa shape index (κ3) is 32.3. The summed E-state index contributed by atoms with van der Waals surface area (Å²) < 4.78 is 86.1. The summed E-state index contributed by atoms with van der Waals surface area (Å²) in [6.45, 7) is 12.0. The van der Waals surface area contributed by atoms with E-state index in [0.29, 0.717) is 131 Å². The average molecular weight is 2060 g/mol. The molecule has 7 aliphatic heterocycles. The van der Waals surface area contributed by atoms with E-state index in [2.05, 4.69) is 99.9 Å². The van der Waals surface area contributed by atoms with Crippen LogP contribution < -0.4 is 46.7 Å². The van der Waals surface area contributed by atoms with Gasteiger partial charge in [0.15, 0.2) is 42.6 Å². The molecule has 8 aliphatic rings. The molecule has 9 heterocycles. The van der Waals surface area contributed by atoms with Crippen LogP contribution in [0, 0.1) is 108 Å². The quantitative estimate of drug-likeness (QED) is 0.0225. The molecule has 8 fully saturated rings. The summed E-state index contributed by atoms with van der Waals surface area (Å²) in [5, 5.41) is 73.4. The second-order valence-electron chi connectivity index (χ2n) is 36.8. The van der Waals surface area contributed by atoms with E-state index < -0.39 is 37.7 Å². The summed E-state index contributed by atoms with van der Waals surface area (Å²) in [7, 11) is -3.81. The molecule has 39 heteroatoms. The van der Waals surface area contributed by atoms with Crippen LogP contribution in [-0.2, 0) is 34.1 Å². The molecule has 780 valence electrons. The number of terminal acetylenes is 2. The van der Waals surface area contributed by atoms with E-state index in [0.717, 1.165) is 121 Å². The summed E-state index contributed by atoms with van der Waals surface area (Å²) in [6, 6.07) is 62.6. The summed E-state index contributed by atoms with van der Waals surface area (Å²) >= 11 is 0. The second-order valence-corrected chi connectivity index (χ2v) is 40.3. The molecule has 18 rings (SSSR count). The van der Waals surface area contributed by atoms with Crippen LogP contribution in [0.25, 0.3) is 33.5 Å². The number of halogens is 2. The fourth-order valence-electron chi connectivity index (χ4n) is 18.3. The van der Waals surface area contributed by atoms with Crippen LogP contribution in [0.5, 0.6) is 0 Å². The van der Waals surface area contributed by atoms with Crippen LogP contribution in [0.2, 0.25) is 0 Å². The minimum atomic E-state index is -3.75. The van der Waals surface area contributed by atoms with Gasteiger partial charge in [0, 0.05) is 211 Å². The van der Waals surface area contributed by atoms with E-state index in [1.54, 1.807) is 81.2 Å². The van der Waals surface area contributed by atoms with Crippen LogP contribution in [0.15, 0.2) is 222 Å². The number of carbonyl (C=O) groups excluding carboxylic acids is 6. The zero-order valence-corrected chi connectivity index (χ0v) is 83.2. The lowest BCUT2D eigenvalue weighted by molar-refractivity contribution is 0.0912. The number of nitrogens with one attached hydrogen (secondary N) is 9. The number of carbonyl (C=O) groups is 6. The van der Waals surface area contributed by atoms with Gasteiger partial charge in [0.05, 0.1) is 22.0 Å². The minimum Gasteiger partial charge on any atom is -0.347 e. The number of benzene rings is 8. The Morgan fingerprint density at radius 2 is 0.765 bits per heavy atom. The van der Waals surface area contributed by atoms with Crippen molar-refractivity contribution < 1.29 is 54.4 Å². The molecule has 10 aromatic rings. The second kappa shape index (κ2) is 54.7. The number of hydrogen-bond donors (Lipinski definition) is 9. The molecule has 0 radical (unpaired) electrons. The van der Waals surface area contributed by atoms with Crippen molar-refractivity contribution in [2.45, 2.75) is 171 Å². The molecular weight excluding hydrogens is 1930 g/mol. The van der Waals surface area contributed by atoms with Gasteiger partial charge in [-0.1, -0.05) is 169 Å². The van der Waals surface area contributed by atoms with E-state index >= 15 is 0 Å². The fraction of sp³-hybridized carbons (Fsp3) is 0.373. The highest BCUT2D eigenvalue weighted by Gasteiger charge is 2.37. The van der Waals surface area contributed by atoms with Gasteiger partial charge in [0.25, 0.3) is 29.5 Å². The number of sulfonamides is 2. The van der Waals surface area contributed by atoms with Crippen LogP contribution in [0.1, 0.15) is 167 Å². The highest BCUT2D eigenvalue weighted by atomic mass is 32.2. The first-order valence-corrected chi connectivity index (χ1v) is 51.2. The van der Waals surface area contributed by atoms with Gasteiger partial charge in [0.2, 0.25) is 20.0 Å². The zero-order valence-electron chi connectivity index (χ0n) is 81.5. The van der Waals surface area contributed by atoms with Gasteiger partial charge in [-0.25, -0.2) is 39.9 Å². The first kappa shape index (κ1) is 115. The number of aryl methyl sites for hydroxylation is 3. The monoisotopic (exact) mass is 2060 g/mol. The first-order chi connectivity index (χ1) is 70.3. The Labute approximate surface area is 872 Å². The lowest BCUT2D eigenvalue weighted by Gasteiger charge is -2.29. The molecule has 1 saturated carbocycles. The van der Waals surface area contributed by atoms with Gasteiger partial charge in [0.1, 0.15) is 11.5 Å². The summed E-state index contributed by atoms with van der Waals surface area (Å²) in [5.41, 5.74) is 11.1. The molecule has 149 heavy (non-hydrogen) atoms. The number of aromatic nitrogens is 4.